The molecule has 0 aliphatic heterocycles. The Morgan fingerprint density at radius 1 is 1.47 bits per heavy atom. The summed E-state index contributed by atoms with van der Waals surface area (Å²) in [6.07, 6.45) is -0.515. The summed E-state index contributed by atoms with van der Waals surface area (Å²) in [5.41, 5.74) is 0.227. The molecule has 5 heteroatoms. The molecule has 3 nitrogen and oxygen atoms in total. The van der Waals surface area contributed by atoms with Crippen molar-refractivity contribution < 1.29 is 18.7 Å². The highest BCUT2D eigenvalue weighted by atomic mass is 19.1. The van der Waals surface area contributed by atoms with Crippen LogP contribution in [0.15, 0.2) is 18.2 Å². The Bertz CT molecular complexity index is 396. The molecule has 1 unspecified atom stereocenters. The van der Waals surface area contributed by atoms with Gasteiger partial charge >= 0.3 is 0 Å². The molecule has 0 fully saturated rings. The number of halogens is 2. The molecule has 1 aromatic rings. The van der Waals surface area contributed by atoms with Crippen LogP contribution in [0, 0.1) is 11.6 Å². The van der Waals surface area contributed by atoms with E-state index in [1.807, 2.05) is 0 Å². The minimum absolute atomic E-state index is 0.0378. The van der Waals surface area contributed by atoms with Crippen molar-refractivity contribution in [1.29, 1.82) is 0 Å². The number of aliphatic hydroxyl groups excluding tert-OH is 1. The fourth-order valence-corrected chi connectivity index (χ4v) is 1.37. The van der Waals surface area contributed by atoms with Crippen molar-refractivity contribution in [3.05, 3.63) is 35.4 Å². The fourth-order valence-electron chi connectivity index (χ4n) is 1.37. The normalized spacial score (nSPS) is 12.2. The minimum Gasteiger partial charge on any atom is -0.391 e. The highest BCUT2D eigenvalue weighted by molar-refractivity contribution is 5.75. The maximum absolute atomic E-state index is 13.2. The second-order valence-electron chi connectivity index (χ2n) is 3.75. The first-order valence-corrected chi connectivity index (χ1v) is 5.41. The Hall–Kier alpha value is -1.49. The molecule has 0 aromatic heterocycles. The lowest BCUT2D eigenvalue weighted by Crippen LogP contribution is -2.32. The molecule has 0 spiro atoms. The van der Waals surface area contributed by atoms with Crippen LogP contribution in [0.2, 0.25) is 0 Å². The van der Waals surface area contributed by atoms with Crippen LogP contribution in [-0.4, -0.2) is 23.7 Å². The first-order valence-electron chi connectivity index (χ1n) is 5.41. The Labute approximate surface area is 98.5 Å². The third-order valence-corrected chi connectivity index (χ3v) is 2.33. The lowest BCUT2D eigenvalue weighted by Gasteiger charge is -2.12. The number of aliphatic hydroxyl groups is 1. The van der Waals surface area contributed by atoms with Crippen molar-refractivity contribution in [3.8, 4) is 0 Å². The smallest absolute Gasteiger partial charge is 0.219 e. The van der Waals surface area contributed by atoms with E-state index in [-0.39, 0.29) is 24.4 Å². The van der Waals surface area contributed by atoms with E-state index in [1.54, 1.807) is 6.92 Å². The molecular weight excluding hydrogens is 228 g/mol. The summed E-state index contributed by atoms with van der Waals surface area (Å²) in [6.45, 7) is 1.75. The van der Waals surface area contributed by atoms with Gasteiger partial charge in [0.2, 0.25) is 5.91 Å². The predicted octanol–water partition coefficient (Wildman–Crippen LogP) is 1.39. The standard InChI is InChI=1S/C12H15F2NO2/c1-2-12(17)15-7-10(16)5-8-3-4-9(13)6-11(8)14/h3-4,6,10,16H,2,5,7H2,1H3,(H,15,17). The number of benzene rings is 1. The zero-order valence-corrected chi connectivity index (χ0v) is 9.54. The third-order valence-electron chi connectivity index (χ3n) is 2.33. The molecule has 0 aliphatic rings. The molecule has 0 saturated heterocycles. The number of amides is 1. The average Bonchev–Trinajstić information content (AvgIpc) is 2.29. The summed E-state index contributed by atoms with van der Waals surface area (Å²) < 4.78 is 25.9. The van der Waals surface area contributed by atoms with Gasteiger partial charge in [0.25, 0.3) is 0 Å². The lowest BCUT2D eigenvalue weighted by molar-refractivity contribution is -0.121. The summed E-state index contributed by atoms with van der Waals surface area (Å²) in [7, 11) is 0. The van der Waals surface area contributed by atoms with Gasteiger partial charge in [-0.1, -0.05) is 13.0 Å². The Morgan fingerprint density at radius 2 is 2.18 bits per heavy atom. The Morgan fingerprint density at radius 3 is 2.76 bits per heavy atom. The monoisotopic (exact) mass is 243 g/mol. The van der Waals surface area contributed by atoms with E-state index in [0.29, 0.717) is 6.42 Å². The van der Waals surface area contributed by atoms with Crippen molar-refractivity contribution in [2.75, 3.05) is 6.54 Å². The van der Waals surface area contributed by atoms with Crippen LogP contribution in [0.25, 0.3) is 0 Å². The highest BCUT2D eigenvalue weighted by Gasteiger charge is 2.11. The van der Waals surface area contributed by atoms with Crippen LogP contribution < -0.4 is 5.32 Å². The van der Waals surface area contributed by atoms with Crippen LogP contribution in [0.4, 0.5) is 8.78 Å². The van der Waals surface area contributed by atoms with Gasteiger partial charge in [0, 0.05) is 25.5 Å². The first-order chi connectivity index (χ1) is 8.02. The van der Waals surface area contributed by atoms with Gasteiger partial charge < -0.3 is 10.4 Å². The molecule has 0 heterocycles. The van der Waals surface area contributed by atoms with Crippen molar-refractivity contribution in [1.82, 2.24) is 5.32 Å². The van der Waals surface area contributed by atoms with Crippen LogP contribution >= 0.6 is 0 Å². The molecule has 1 amide bonds. The van der Waals surface area contributed by atoms with Crippen molar-refractivity contribution >= 4 is 5.91 Å². The van der Waals surface area contributed by atoms with Gasteiger partial charge in [0.05, 0.1) is 6.10 Å². The van der Waals surface area contributed by atoms with Crippen LogP contribution in [0.5, 0.6) is 0 Å². The van der Waals surface area contributed by atoms with E-state index < -0.39 is 17.7 Å². The second kappa shape index (κ2) is 6.30. The molecule has 17 heavy (non-hydrogen) atoms. The van der Waals surface area contributed by atoms with Gasteiger partial charge in [-0.3, -0.25) is 4.79 Å². The van der Waals surface area contributed by atoms with Crippen molar-refractivity contribution in [2.45, 2.75) is 25.9 Å². The van der Waals surface area contributed by atoms with E-state index in [2.05, 4.69) is 5.32 Å². The maximum atomic E-state index is 13.2. The summed E-state index contributed by atoms with van der Waals surface area (Å²) in [5.74, 6) is -1.52. The number of hydrogen-bond donors (Lipinski definition) is 2. The highest BCUT2D eigenvalue weighted by Crippen LogP contribution is 2.11. The van der Waals surface area contributed by atoms with E-state index in [9.17, 15) is 18.7 Å². The van der Waals surface area contributed by atoms with E-state index in [4.69, 9.17) is 0 Å². The molecule has 2 N–H and O–H groups in total. The average molecular weight is 243 g/mol. The molecule has 94 valence electrons. The minimum atomic E-state index is -0.884. The number of carbonyl (C=O) groups is 1. The molecule has 1 rings (SSSR count). The van der Waals surface area contributed by atoms with Gasteiger partial charge in [-0.15, -0.1) is 0 Å². The summed E-state index contributed by atoms with van der Waals surface area (Å²) in [5, 5.41) is 12.1. The zero-order valence-electron chi connectivity index (χ0n) is 9.54. The van der Waals surface area contributed by atoms with E-state index in [1.165, 1.54) is 6.07 Å². The Kier molecular flexibility index (Phi) is 5.03. The fraction of sp³-hybridized carbons (Fsp3) is 0.417. The van der Waals surface area contributed by atoms with Gasteiger partial charge in [-0.2, -0.15) is 0 Å². The van der Waals surface area contributed by atoms with Crippen LogP contribution in [0.3, 0.4) is 0 Å². The van der Waals surface area contributed by atoms with Gasteiger partial charge in [0.1, 0.15) is 11.6 Å². The topological polar surface area (TPSA) is 49.3 Å². The molecular formula is C12H15F2NO2. The Balaban J connectivity index is 2.50. The number of rotatable bonds is 5. The summed E-state index contributed by atoms with van der Waals surface area (Å²) in [4.78, 5) is 10.9. The quantitative estimate of drug-likeness (QED) is 0.821. The molecule has 1 aromatic carbocycles. The van der Waals surface area contributed by atoms with Gasteiger partial charge in [-0.05, 0) is 11.6 Å². The van der Waals surface area contributed by atoms with E-state index in [0.717, 1.165) is 12.1 Å². The first kappa shape index (κ1) is 13.6. The van der Waals surface area contributed by atoms with Gasteiger partial charge in [-0.25, -0.2) is 8.78 Å². The second-order valence-corrected chi connectivity index (χ2v) is 3.75. The predicted molar refractivity (Wildman–Crippen MR) is 59.4 cm³/mol. The van der Waals surface area contributed by atoms with Crippen LogP contribution in [-0.2, 0) is 11.2 Å². The SMILES string of the molecule is CCC(=O)NCC(O)Cc1ccc(F)cc1F. The number of hydrogen-bond acceptors (Lipinski definition) is 2. The summed E-state index contributed by atoms with van der Waals surface area (Å²) >= 11 is 0. The zero-order chi connectivity index (χ0) is 12.8. The molecule has 0 aliphatic carbocycles. The lowest BCUT2D eigenvalue weighted by atomic mass is 10.1. The largest absolute Gasteiger partial charge is 0.391 e. The third kappa shape index (κ3) is 4.48. The van der Waals surface area contributed by atoms with Crippen molar-refractivity contribution in [2.24, 2.45) is 0 Å². The van der Waals surface area contributed by atoms with E-state index >= 15 is 0 Å². The number of carbonyl (C=O) groups excluding carboxylic acids is 1. The van der Waals surface area contributed by atoms with Crippen LogP contribution in [0.1, 0.15) is 18.9 Å². The van der Waals surface area contributed by atoms with Gasteiger partial charge in [0.15, 0.2) is 0 Å². The number of nitrogens with one attached hydrogen (secondary N) is 1. The maximum Gasteiger partial charge on any atom is 0.219 e. The molecule has 0 radical (unpaired) electrons. The molecule has 1 atom stereocenters. The molecule has 0 bridgehead atoms. The molecule has 0 saturated carbocycles. The van der Waals surface area contributed by atoms with Crippen molar-refractivity contribution in [3.63, 3.8) is 0 Å². The summed E-state index contributed by atoms with van der Waals surface area (Å²) in [6, 6.07) is 3.19.